The molecule has 0 saturated carbocycles. The first-order chi connectivity index (χ1) is 16.4. The molecule has 0 saturated heterocycles. The highest BCUT2D eigenvalue weighted by Gasteiger charge is 2.27. The Morgan fingerprint density at radius 1 is 0.971 bits per heavy atom. The fourth-order valence-electron chi connectivity index (χ4n) is 4.26. The summed E-state index contributed by atoms with van der Waals surface area (Å²) >= 11 is 0. The predicted molar refractivity (Wildman–Crippen MR) is 138 cm³/mol. The number of hydrogen-bond donors (Lipinski definition) is 1. The molecule has 1 unspecified atom stereocenters. The summed E-state index contributed by atoms with van der Waals surface area (Å²) in [6.07, 6.45) is 0.715. The van der Waals surface area contributed by atoms with Crippen molar-refractivity contribution in [3.63, 3.8) is 0 Å². The lowest BCUT2D eigenvalue weighted by Gasteiger charge is -2.23. The number of imidazole rings is 1. The van der Waals surface area contributed by atoms with Crippen LogP contribution in [0, 0.1) is 19.8 Å². The lowest BCUT2D eigenvalue weighted by Crippen LogP contribution is -2.33. The van der Waals surface area contributed by atoms with Crippen LogP contribution in [0.2, 0.25) is 0 Å². The van der Waals surface area contributed by atoms with Crippen molar-refractivity contribution in [3.05, 3.63) is 83.4 Å². The Bertz CT molecular complexity index is 1270. The molecule has 0 radical (unpaired) electrons. The molecule has 0 aliphatic heterocycles. The second-order valence-electron chi connectivity index (χ2n) is 9.37. The number of amides is 1. The highest BCUT2D eigenvalue weighted by Crippen LogP contribution is 2.32. The van der Waals surface area contributed by atoms with Gasteiger partial charge < -0.3 is 14.6 Å². The minimum Gasteiger partial charge on any atom is -0.497 e. The summed E-state index contributed by atoms with van der Waals surface area (Å²) in [6, 6.07) is 22.0. The molecule has 0 spiro atoms. The summed E-state index contributed by atoms with van der Waals surface area (Å²) in [5, 5.41) is 3.17. The zero-order chi connectivity index (χ0) is 24.2. The number of methoxy groups -OCH3 is 1. The van der Waals surface area contributed by atoms with Crippen molar-refractivity contribution in [1.82, 2.24) is 14.9 Å². The SMILES string of the molecule is COc1ccc(CNC(=O)C(CC(C)C)n2c(-c3ccc(C)cc3)nc3cc(C)ccc32)cc1. The Morgan fingerprint density at radius 3 is 2.29 bits per heavy atom. The van der Waals surface area contributed by atoms with Crippen LogP contribution in [0.5, 0.6) is 5.75 Å². The maximum Gasteiger partial charge on any atom is 0.243 e. The lowest BCUT2D eigenvalue weighted by atomic mass is 10.0. The second kappa shape index (κ2) is 10.1. The van der Waals surface area contributed by atoms with E-state index in [9.17, 15) is 4.79 Å². The third-order valence-corrected chi connectivity index (χ3v) is 6.09. The Kier molecular flexibility index (Phi) is 7.01. The number of nitrogens with zero attached hydrogens (tertiary/aromatic N) is 2. The van der Waals surface area contributed by atoms with E-state index < -0.39 is 0 Å². The van der Waals surface area contributed by atoms with Gasteiger partial charge in [-0.05, 0) is 61.6 Å². The highest BCUT2D eigenvalue weighted by atomic mass is 16.5. The second-order valence-corrected chi connectivity index (χ2v) is 9.37. The molecule has 0 aliphatic rings. The van der Waals surface area contributed by atoms with Crippen LogP contribution >= 0.6 is 0 Å². The third-order valence-electron chi connectivity index (χ3n) is 6.09. The smallest absolute Gasteiger partial charge is 0.243 e. The van der Waals surface area contributed by atoms with Gasteiger partial charge in [-0.25, -0.2) is 4.98 Å². The van der Waals surface area contributed by atoms with Crippen molar-refractivity contribution in [2.75, 3.05) is 7.11 Å². The number of ether oxygens (including phenoxy) is 1. The summed E-state index contributed by atoms with van der Waals surface area (Å²) < 4.78 is 7.37. The van der Waals surface area contributed by atoms with E-state index >= 15 is 0 Å². The number of hydrogen-bond acceptors (Lipinski definition) is 3. The summed E-state index contributed by atoms with van der Waals surface area (Å²) in [6.45, 7) is 8.90. The number of aryl methyl sites for hydroxylation is 2. The van der Waals surface area contributed by atoms with Crippen LogP contribution < -0.4 is 10.1 Å². The molecule has 0 bridgehead atoms. The minimum absolute atomic E-state index is 0.00208. The molecule has 176 valence electrons. The number of rotatable bonds is 8. The van der Waals surface area contributed by atoms with Crippen LogP contribution in [0.4, 0.5) is 0 Å². The van der Waals surface area contributed by atoms with Gasteiger partial charge in [-0.2, -0.15) is 0 Å². The minimum atomic E-state index is -0.373. The fraction of sp³-hybridized carbons (Fsp3) is 0.310. The number of carbonyl (C=O) groups is 1. The topological polar surface area (TPSA) is 56.1 Å². The molecule has 5 heteroatoms. The first kappa shape index (κ1) is 23.6. The molecule has 4 rings (SSSR count). The van der Waals surface area contributed by atoms with Gasteiger partial charge in [0.2, 0.25) is 5.91 Å². The number of carbonyl (C=O) groups excluding carboxylic acids is 1. The fourth-order valence-corrected chi connectivity index (χ4v) is 4.26. The Hall–Kier alpha value is -3.60. The first-order valence-corrected chi connectivity index (χ1v) is 11.8. The Labute approximate surface area is 201 Å². The van der Waals surface area contributed by atoms with Gasteiger partial charge >= 0.3 is 0 Å². The molecule has 4 aromatic rings. The van der Waals surface area contributed by atoms with Gasteiger partial charge in [0.15, 0.2) is 0 Å². The zero-order valence-corrected chi connectivity index (χ0v) is 20.6. The van der Waals surface area contributed by atoms with Crippen molar-refractivity contribution in [3.8, 4) is 17.1 Å². The molecule has 5 nitrogen and oxygen atoms in total. The van der Waals surface area contributed by atoms with E-state index in [-0.39, 0.29) is 11.9 Å². The zero-order valence-electron chi connectivity index (χ0n) is 20.6. The van der Waals surface area contributed by atoms with E-state index in [0.29, 0.717) is 18.9 Å². The number of benzene rings is 3. The van der Waals surface area contributed by atoms with Crippen molar-refractivity contribution in [2.24, 2.45) is 5.92 Å². The molecule has 0 aliphatic carbocycles. The summed E-state index contributed by atoms with van der Waals surface area (Å²) in [4.78, 5) is 18.6. The summed E-state index contributed by atoms with van der Waals surface area (Å²) in [7, 11) is 1.65. The van der Waals surface area contributed by atoms with Crippen molar-refractivity contribution in [1.29, 1.82) is 0 Å². The molecular weight excluding hydrogens is 422 g/mol. The van der Waals surface area contributed by atoms with E-state index in [1.54, 1.807) is 7.11 Å². The number of aromatic nitrogens is 2. The Morgan fingerprint density at radius 2 is 1.65 bits per heavy atom. The van der Waals surface area contributed by atoms with Gasteiger partial charge in [-0.15, -0.1) is 0 Å². The van der Waals surface area contributed by atoms with Gasteiger partial charge in [-0.1, -0.05) is 61.9 Å². The molecule has 1 aromatic heterocycles. The van der Waals surface area contributed by atoms with E-state index in [1.165, 1.54) is 5.56 Å². The molecule has 0 fully saturated rings. The molecule has 1 heterocycles. The number of nitrogens with one attached hydrogen (secondary N) is 1. The molecule has 3 aromatic carbocycles. The van der Waals surface area contributed by atoms with E-state index in [0.717, 1.165) is 39.3 Å². The average Bonchev–Trinajstić information content (AvgIpc) is 3.19. The monoisotopic (exact) mass is 455 g/mol. The van der Waals surface area contributed by atoms with Crippen molar-refractivity contribution in [2.45, 2.75) is 46.7 Å². The molecular formula is C29H33N3O2. The van der Waals surface area contributed by atoms with Crippen LogP contribution in [-0.4, -0.2) is 22.6 Å². The normalized spacial score (nSPS) is 12.2. The van der Waals surface area contributed by atoms with E-state index in [1.807, 2.05) is 24.3 Å². The lowest BCUT2D eigenvalue weighted by molar-refractivity contribution is -0.124. The van der Waals surface area contributed by atoms with Gasteiger partial charge in [0.25, 0.3) is 0 Å². The molecule has 1 atom stereocenters. The molecule has 1 amide bonds. The van der Waals surface area contributed by atoms with Crippen LogP contribution in [0.3, 0.4) is 0 Å². The van der Waals surface area contributed by atoms with Crippen molar-refractivity contribution >= 4 is 16.9 Å². The molecule has 1 N–H and O–H groups in total. The van der Waals surface area contributed by atoms with Gasteiger partial charge in [-0.3, -0.25) is 4.79 Å². The van der Waals surface area contributed by atoms with E-state index in [2.05, 4.69) is 80.0 Å². The first-order valence-electron chi connectivity index (χ1n) is 11.8. The maximum atomic E-state index is 13.6. The average molecular weight is 456 g/mol. The largest absolute Gasteiger partial charge is 0.497 e. The molecule has 34 heavy (non-hydrogen) atoms. The van der Waals surface area contributed by atoms with Crippen LogP contribution in [0.1, 0.15) is 43.0 Å². The maximum absolute atomic E-state index is 13.6. The van der Waals surface area contributed by atoms with Gasteiger partial charge in [0, 0.05) is 12.1 Å². The standard InChI is InChI=1S/C29H33N3O2/c1-19(2)16-27(29(33)30-18-22-9-13-24(34-5)14-10-22)32-26-15-8-21(4)17-25(26)31-28(32)23-11-6-20(3)7-12-23/h6-15,17,19,27H,16,18H2,1-5H3,(H,30,33). The van der Waals surface area contributed by atoms with Gasteiger partial charge in [0.1, 0.15) is 17.6 Å². The predicted octanol–water partition coefficient (Wildman–Crippen LogP) is 6.23. The van der Waals surface area contributed by atoms with Crippen LogP contribution in [0.25, 0.3) is 22.4 Å². The summed E-state index contributed by atoms with van der Waals surface area (Å²) in [5.74, 6) is 1.96. The number of fused-ring (bicyclic) bond motifs is 1. The quantitative estimate of drug-likeness (QED) is 0.342. The van der Waals surface area contributed by atoms with Crippen molar-refractivity contribution < 1.29 is 9.53 Å². The summed E-state index contributed by atoms with van der Waals surface area (Å²) in [5.41, 5.74) is 6.27. The highest BCUT2D eigenvalue weighted by molar-refractivity contribution is 5.87. The van der Waals surface area contributed by atoms with Crippen LogP contribution in [0.15, 0.2) is 66.7 Å². The van der Waals surface area contributed by atoms with Gasteiger partial charge in [0.05, 0.1) is 18.1 Å². The third kappa shape index (κ3) is 5.14. The van der Waals surface area contributed by atoms with E-state index in [4.69, 9.17) is 9.72 Å². The Balaban J connectivity index is 1.73. The van der Waals surface area contributed by atoms with Crippen LogP contribution in [-0.2, 0) is 11.3 Å².